The van der Waals surface area contributed by atoms with E-state index < -0.39 is 17.8 Å². The molecule has 0 aliphatic heterocycles. The number of amides is 2. The predicted molar refractivity (Wildman–Crippen MR) is 139 cm³/mol. The molecule has 1 N–H and O–H groups in total. The zero-order valence-corrected chi connectivity index (χ0v) is 22.2. The van der Waals surface area contributed by atoms with Gasteiger partial charge >= 0.3 is 0 Å². The highest BCUT2D eigenvalue weighted by Crippen LogP contribution is 2.32. The van der Waals surface area contributed by atoms with Gasteiger partial charge in [0.2, 0.25) is 11.8 Å². The summed E-state index contributed by atoms with van der Waals surface area (Å²) in [5.41, 5.74) is 1.24. The molecule has 0 radical (unpaired) electrons. The zero-order valence-electron chi connectivity index (χ0n) is 20.7. The Labute approximate surface area is 222 Å². The highest BCUT2D eigenvalue weighted by Gasteiger charge is 2.33. The number of carbonyl (C=O) groups is 2. The Kier molecular flexibility index (Phi) is 10.7. The van der Waals surface area contributed by atoms with Crippen molar-refractivity contribution in [3.8, 4) is 11.5 Å². The van der Waals surface area contributed by atoms with Crippen LogP contribution in [-0.4, -0.2) is 49.4 Å². The lowest BCUT2D eigenvalue weighted by Crippen LogP contribution is -2.47. The fourth-order valence-corrected chi connectivity index (χ4v) is 5.06. The Morgan fingerprint density at radius 1 is 1.06 bits per heavy atom. The summed E-state index contributed by atoms with van der Waals surface area (Å²) < 4.78 is 24.5. The second kappa shape index (κ2) is 13.7. The van der Waals surface area contributed by atoms with E-state index in [-0.39, 0.29) is 29.4 Å². The Morgan fingerprint density at radius 3 is 2.36 bits per heavy atom. The van der Waals surface area contributed by atoms with E-state index in [1.807, 2.05) is 12.1 Å². The molecular weight excluding hydrogens is 506 g/mol. The normalized spacial score (nSPS) is 15.0. The van der Waals surface area contributed by atoms with Crippen LogP contribution >= 0.6 is 23.2 Å². The van der Waals surface area contributed by atoms with E-state index in [1.54, 1.807) is 20.3 Å². The van der Waals surface area contributed by atoms with Crippen LogP contribution in [0.2, 0.25) is 5.02 Å². The van der Waals surface area contributed by atoms with Crippen molar-refractivity contribution in [1.82, 2.24) is 10.2 Å². The fraction of sp³-hybridized carbons (Fsp3) is 0.481. The molecule has 0 spiro atoms. The first-order chi connectivity index (χ1) is 17.4. The first kappa shape index (κ1) is 28.1. The van der Waals surface area contributed by atoms with E-state index in [4.69, 9.17) is 32.7 Å². The minimum Gasteiger partial charge on any atom is -0.493 e. The molecule has 0 bridgehead atoms. The Morgan fingerprint density at radius 2 is 1.75 bits per heavy atom. The Hall–Kier alpha value is -2.51. The molecule has 2 aromatic carbocycles. The van der Waals surface area contributed by atoms with E-state index in [1.165, 1.54) is 17.0 Å². The summed E-state index contributed by atoms with van der Waals surface area (Å²) in [5.74, 6) is -0.437. The van der Waals surface area contributed by atoms with Crippen LogP contribution in [0.4, 0.5) is 4.39 Å². The largest absolute Gasteiger partial charge is 0.493 e. The molecule has 0 heterocycles. The molecule has 1 fully saturated rings. The highest BCUT2D eigenvalue weighted by atomic mass is 35.5. The molecule has 9 heteroatoms. The lowest BCUT2D eigenvalue weighted by molar-refractivity contribution is -0.139. The third-order valence-corrected chi connectivity index (χ3v) is 7.10. The van der Waals surface area contributed by atoms with E-state index in [2.05, 4.69) is 5.32 Å². The van der Waals surface area contributed by atoms with Crippen molar-refractivity contribution in [2.45, 2.75) is 57.0 Å². The van der Waals surface area contributed by atoms with Crippen molar-refractivity contribution in [2.24, 2.45) is 0 Å². The summed E-state index contributed by atoms with van der Waals surface area (Å²) >= 11 is 12.4. The van der Waals surface area contributed by atoms with Crippen LogP contribution < -0.4 is 14.8 Å². The molecule has 2 amide bonds. The van der Waals surface area contributed by atoms with Crippen LogP contribution in [-0.2, 0) is 16.0 Å². The smallest absolute Gasteiger partial charge is 0.247 e. The van der Waals surface area contributed by atoms with Crippen molar-refractivity contribution < 1.29 is 23.5 Å². The van der Waals surface area contributed by atoms with Gasteiger partial charge in [-0.3, -0.25) is 9.59 Å². The SMILES string of the molecule is COc1ccc(CCN(C(=O)CCl)C(C(=O)NC2CCCCCC2)c2ccc(F)cc2Cl)cc1OC. The summed E-state index contributed by atoms with van der Waals surface area (Å²) in [7, 11) is 3.11. The second-order valence-electron chi connectivity index (χ2n) is 8.93. The van der Waals surface area contributed by atoms with Crippen LogP contribution in [0.15, 0.2) is 36.4 Å². The van der Waals surface area contributed by atoms with E-state index >= 15 is 0 Å². The van der Waals surface area contributed by atoms with Gasteiger partial charge in [-0.05, 0) is 49.1 Å². The number of alkyl halides is 1. The Bertz CT molecular complexity index is 1040. The van der Waals surface area contributed by atoms with Crippen LogP contribution in [0.5, 0.6) is 11.5 Å². The number of carbonyl (C=O) groups excluding carboxylic acids is 2. The molecule has 1 atom stereocenters. The van der Waals surface area contributed by atoms with Gasteiger partial charge in [-0.2, -0.15) is 0 Å². The van der Waals surface area contributed by atoms with Gasteiger partial charge in [-0.25, -0.2) is 4.39 Å². The number of hydrogen-bond donors (Lipinski definition) is 1. The number of nitrogens with one attached hydrogen (secondary N) is 1. The molecule has 1 aliphatic rings. The molecule has 0 aromatic heterocycles. The van der Waals surface area contributed by atoms with Crippen molar-refractivity contribution in [3.05, 3.63) is 58.4 Å². The zero-order chi connectivity index (χ0) is 26.1. The maximum atomic E-state index is 13.8. The Balaban J connectivity index is 1.92. The van der Waals surface area contributed by atoms with Gasteiger partial charge in [-0.15, -0.1) is 11.6 Å². The molecule has 0 saturated heterocycles. The maximum Gasteiger partial charge on any atom is 0.247 e. The maximum absolute atomic E-state index is 13.8. The predicted octanol–water partition coefficient (Wildman–Crippen LogP) is 5.69. The molecule has 1 saturated carbocycles. The van der Waals surface area contributed by atoms with E-state index in [0.717, 1.165) is 50.2 Å². The first-order valence-corrected chi connectivity index (χ1v) is 13.1. The number of rotatable bonds is 10. The molecular formula is C27H33Cl2FN2O4. The molecule has 1 unspecified atom stereocenters. The monoisotopic (exact) mass is 538 g/mol. The second-order valence-corrected chi connectivity index (χ2v) is 9.60. The van der Waals surface area contributed by atoms with Crippen molar-refractivity contribution in [1.29, 1.82) is 0 Å². The molecule has 6 nitrogen and oxygen atoms in total. The van der Waals surface area contributed by atoms with Crippen molar-refractivity contribution in [3.63, 3.8) is 0 Å². The first-order valence-electron chi connectivity index (χ1n) is 12.2. The molecule has 1 aliphatic carbocycles. The van der Waals surface area contributed by atoms with E-state index in [0.29, 0.717) is 23.5 Å². The van der Waals surface area contributed by atoms with Gasteiger partial charge in [0, 0.05) is 23.2 Å². The summed E-state index contributed by atoms with van der Waals surface area (Å²) in [4.78, 5) is 28.2. The number of methoxy groups -OCH3 is 2. The highest BCUT2D eigenvalue weighted by molar-refractivity contribution is 6.31. The lowest BCUT2D eigenvalue weighted by atomic mass is 10.0. The number of halogens is 3. The quantitative estimate of drug-likeness (QED) is 0.311. The summed E-state index contributed by atoms with van der Waals surface area (Å²) in [6.07, 6.45) is 6.54. The minimum absolute atomic E-state index is 0.0144. The van der Waals surface area contributed by atoms with Gasteiger partial charge in [0.1, 0.15) is 17.7 Å². The summed E-state index contributed by atoms with van der Waals surface area (Å²) in [5, 5.41) is 3.20. The summed E-state index contributed by atoms with van der Waals surface area (Å²) in [6, 6.07) is 8.30. The van der Waals surface area contributed by atoms with Gasteiger partial charge in [0.05, 0.1) is 14.2 Å². The fourth-order valence-electron chi connectivity index (χ4n) is 4.64. The average Bonchev–Trinajstić information content (AvgIpc) is 3.15. The third-order valence-electron chi connectivity index (χ3n) is 6.54. The van der Waals surface area contributed by atoms with Crippen LogP contribution in [0, 0.1) is 5.82 Å². The number of benzene rings is 2. The summed E-state index contributed by atoms with van der Waals surface area (Å²) in [6.45, 7) is 0.192. The van der Waals surface area contributed by atoms with Gasteiger partial charge in [-0.1, -0.05) is 49.4 Å². The minimum atomic E-state index is -1.05. The van der Waals surface area contributed by atoms with Gasteiger partial charge < -0.3 is 19.7 Å². The van der Waals surface area contributed by atoms with Crippen LogP contribution in [0.1, 0.15) is 55.7 Å². The van der Waals surface area contributed by atoms with Gasteiger partial charge in [0.25, 0.3) is 0 Å². The number of ether oxygens (including phenoxy) is 2. The number of hydrogen-bond acceptors (Lipinski definition) is 4. The van der Waals surface area contributed by atoms with Crippen LogP contribution in [0.3, 0.4) is 0 Å². The molecule has 2 aromatic rings. The lowest BCUT2D eigenvalue weighted by Gasteiger charge is -2.33. The molecule has 196 valence electrons. The molecule has 36 heavy (non-hydrogen) atoms. The average molecular weight is 539 g/mol. The van der Waals surface area contributed by atoms with E-state index in [9.17, 15) is 14.0 Å². The third kappa shape index (κ3) is 7.26. The van der Waals surface area contributed by atoms with Crippen molar-refractivity contribution in [2.75, 3.05) is 26.6 Å². The standard InChI is InChI=1S/C27H33Cl2FN2O4/c1-35-23-12-9-18(15-24(23)36-2)13-14-32(25(33)17-28)26(21-11-10-19(30)16-22(21)29)27(34)31-20-7-5-3-4-6-8-20/h9-12,15-16,20,26H,3-8,13-14,17H2,1-2H3,(H,31,34). The van der Waals surface area contributed by atoms with Crippen molar-refractivity contribution >= 4 is 35.0 Å². The van der Waals surface area contributed by atoms with Gasteiger partial charge in [0.15, 0.2) is 11.5 Å². The molecule has 3 rings (SSSR count). The number of nitrogens with zero attached hydrogens (tertiary/aromatic N) is 1. The topological polar surface area (TPSA) is 67.9 Å². The van der Waals surface area contributed by atoms with Crippen LogP contribution in [0.25, 0.3) is 0 Å².